The smallest absolute Gasteiger partial charge is 0.325 e. The minimum absolute atomic E-state index is 0.0144. The molecule has 1 unspecified atom stereocenters. The highest BCUT2D eigenvalue weighted by molar-refractivity contribution is 5.89. The molecule has 1 atom stereocenters. The van der Waals surface area contributed by atoms with E-state index in [4.69, 9.17) is 9.47 Å². The summed E-state index contributed by atoms with van der Waals surface area (Å²) in [6, 6.07) is 0. The zero-order valence-electron chi connectivity index (χ0n) is 12.7. The molecule has 0 aromatic rings. The molecule has 1 saturated heterocycles. The van der Waals surface area contributed by atoms with Gasteiger partial charge in [0.1, 0.15) is 6.54 Å². The molecule has 0 aromatic carbocycles. The van der Waals surface area contributed by atoms with E-state index in [1.165, 1.54) is 0 Å². The number of amides is 1. The SMILES string of the molecule is CCOC(=O)CN(CCOC)C(=O)C1(CC)CCCN1. The highest BCUT2D eigenvalue weighted by atomic mass is 16.5. The highest BCUT2D eigenvalue weighted by Crippen LogP contribution is 2.25. The molecule has 1 amide bonds. The third-order valence-electron chi connectivity index (χ3n) is 3.73. The van der Waals surface area contributed by atoms with E-state index in [2.05, 4.69) is 5.32 Å². The Balaban J connectivity index is 2.74. The number of ether oxygens (including phenoxy) is 2. The van der Waals surface area contributed by atoms with Gasteiger partial charge in [-0.05, 0) is 32.7 Å². The van der Waals surface area contributed by atoms with Crippen molar-refractivity contribution >= 4 is 11.9 Å². The van der Waals surface area contributed by atoms with Crippen LogP contribution in [0.4, 0.5) is 0 Å². The summed E-state index contributed by atoms with van der Waals surface area (Å²) in [4.78, 5) is 25.9. The molecule has 1 aliphatic heterocycles. The van der Waals surface area contributed by atoms with Gasteiger partial charge in [-0.3, -0.25) is 9.59 Å². The van der Waals surface area contributed by atoms with Crippen LogP contribution in [0.15, 0.2) is 0 Å². The number of nitrogens with one attached hydrogen (secondary N) is 1. The highest BCUT2D eigenvalue weighted by Gasteiger charge is 2.42. The Kier molecular flexibility index (Phi) is 6.95. The predicted molar refractivity (Wildman–Crippen MR) is 75.3 cm³/mol. The van der Waals surface area contributed by atoms with Crippen LogP contribution < -0.4 is 5.32 Å². The summed E-state index contributed by atoms with van der Waals surface area (Å²) in [5.41, 5.74) is -0.528. The lowest BCUT2D eigenvalue weighted by atomic mass is 9.92. The number of carbonyl (C=O) groups is 2. The van der Waals surface area contributed by atoms with Gasteiger partial charge in [0.15, 0.2) is 0 Å². The minimum Gasteiger partial charge on any atom is -0.465 e. The molecule has 1 aliphatic rings. The van der Waals surface area contributed by atoms with Crippen LogP contribution in [0.25, 0.3) is 0 Å². The van der Waals surface area contributed by atoms with Crippen LogP contribution in [0.2, 0.25) is 0 Å². The minimum atomic E-state index is -0.528. The van der Waals surface area contributed by atoms with Crippen LogP contribution >= 0.6 is 0 Å². The lowest BCUT2D eigenvalue weighted by Gasteiger charge is -2.33. The maximum absolute atomic E-state index is 12.7. The summed E-state index contributed by atoms with van der Waals surface area (Å²) >= 11 is 0. The van der Waals surface area contributed by atoms with Crippen LogP contribution in [-0.4, -0.2) is 62.3 Å². The van der Waals surface area contributed by atoms with Gasteiger partial charge in [0, 0.05) is 13.7 Å². The van der Waals surface area contributed by atoms with Crippen LogP contribution in [0.1, 0.15) is 33.1 Å². The summed E-state index contributed by atoms with van der Waals surface area (Å²) in [6.07, 6.45) is 2.52. The van der Waals surface area contributed by atoms with E-state index in [9.17, 15) is 9.59 Å². The first kappa shape index (κ1) is 16.9. The number of hydrogen-bond acceptors (Lipinski definition) is 5. The second-order valence-corrected chi connectivity index (χ2v) is 4.99. The van der Waals surface area contributed by atoms with Gasteiger partial charge in [-0.2, -0.15) is 0 Å². The first-order valence-corrected chi connectivity index (χ1v) is 7.28. The molecule has 1 fully saturated rings. The van der Waals surface area contributed by atoms with E-state index in [0.29, 0.717) is 19.8 Å². The number of rotatable bonds is 8. The number of hydrogen-bond donors (Lipinski definition) is 1. The van der Waals surface area contributed by atoms with Crippen LogP contribution in [-0.2, 0) is 19.1 Å². The fourth-order valence-corrected chi connectivity index (χ4v) is 2.56. The molecular formula is C14H26N2O4. The predicted octanol–water partition coefficient (Wildman–Crippen LogP) is 0.557. The van der Waals surface area contributed by atoms with Gasteiger partial charge >= 0.3 is 5.97 Å². The molecule has 1 rings (SSSR count). The second-order valence-electron chi connectivity index (χ2n) is 4.99. The molecule has 0 radical (unpaired) electrons. The van der Waals surface area contributed by atoms with Gasteiger partial charge in [0.05, 0.1) is 18.8 Å². The fourth-order valence-electron chi connectivity index (χ4n) is 2.56. The summed E-state index contributed by atoms with van der Waals surface area (Å²) in [7, 11) is 1.58. The Hall–Kier alpha value is -1.14. The monoisotopic (exact) mass is 286 g/mol. The van der Waals surface area contributed by atoms with E-state index in [1.54, 1.807) is 18.9 Å². The molecule has 6 heteroatoms. The lowest BCUT2D eigenvalue weighted by Crippen LogP contribution is -2.56. The van der Waals surface area contributed by atoms with Crippen LogP contribution in [0.3, 0.4) is 0 Å². The molecule has 1 N–H and O–H groups in total. The van der Waals surface area contributed by atoms with Crippen molar-refractivity contribution in [2.45, 2.75) is 38.6 Å². The summed E-state index contributed by atoms with van der Waals surface area (Å²) in [5, 5.41) is 3.30. The molecule has 20 heavy (non-hydrogen) atoms. The largest absolute Gasteiger partial charge is 0.465 e. The molecule has 0 spiro atoms. The Morgan fingerprint density at radius 2 is 2.10 bits per heavy atom. The van der Waals surface area contributed by atoms with Crippen molar-refractivity contribution in [3.8, 4) is 0 Å². The molecule has 0 saturated carbocycles. The summed E-state index contributed by atoms with van der Waals surface area (Å²) in [5.74, 6) is -0.399. The number of nitrogens with zero attached hydrogens (tertiary/aromatic N) is 1. The Morgan fingerprint density at radius 1 is 1.35 bits per heavy atom. The maximum atomic E-state index is 12.7. The van der Waals surface area contributed by atoms with Crippen molar-refractivity contribution in [2.75, 3.05) is 40.0 Å². The van der Waals surface area contributed by atoms with Crippen LogP contribution in [0, 0.1) is 0 Å². The van der Waals surface area contributed by atoms with Crippen molar-refractivity contribution in [1.82, 2.24) is 10.2 Å². The number of esters is 1. The average molecular weight is 286 g/mol. The van der Waals surface area contributed by atoms with Crippen molar-refractivity contribution in [3.63, 3.8) is 0 Å². The first-order valence-electron chi connectivity index (χ1n) is 7.28. The molecule has 6 nitrogen and oxygen atoms in total. The van der Waals surface area contributed by atoms with Gasteiger partial charge in [0.2, 0.25) is 5.91 Å². The van der Waals surface area contributed by atoms with Gasteiger partial charge < -0.3 is 19.7 Å². The van der Waals surface area contributed by atoms with Gasteiger partial charge in [-0.1, -0.05) is 6.92 Å². The topological polar surface area (TPSA) is 67.9 Å². The van der Waals surface area contributed by atoms with E-state index in [0.717, 1.165) is 25.8 Å². The van der Waals surface area contributed by atoms with Gasteiger partial charge in [0.25, 0.3) is 0 Å². The van der Waals surface area contributed by atoms with E-state index in [1.807, 2.05) is 6.92 Å². The Bertz CT molecular complexity index is 327. The van der Waals surface area contributed by atoms with E-state index < -0.39 is 5.54 Å². The Labute approximate surface area is 120 Å². The van der Waals surface area contributed by atoms with E-state index in [-0.39, 0.29) is 18.4 Å². The van der Waals surface area contributed by atoms with Crippen molar-refractivity contribution < 1.29 is 19.1 Å². The molecule has 116 valence electrons. The first-order chi connectivity index (χ1) is 9.59. The molecule has 0 bridgehead atoms. The zero-order chi connectivity index (χ0) is 15.0. The summed E-state index contributed by atoms with van der Waals surface area (Å²) in [6.45, 7) is 5.71. The third kappa shape index (κ3) is 4.18. The van der Waals surface area contributed by atoms with Crippen LogP contribution in [0.5, 0.6) is 0 Å². The maximum Gasteiger partial charge on any atom is 0.325 e. The van der Waals surface area contributed by atoms with Gasteiger partial charge in [-0.15, -0.1) is 0 Å². The molecular weight excluding hydrogens is 260 g/mol. The summed E-state index contributed by atoms with van der Waals surface area (Å²) < 4.78 is 9.96. The molecule has 0 aromatic heterocycles. The third-order valence-corrected chi connectivity index (χ3v) is 3.73. The lowest BCUT2D eigenvalue weighted by molar-refractivity contribution is -0.151. The van der Waals surface area contributed by atoms with Crippen molar-refractivity contribution in [1.29, 1.82) is 0 Å². The zero-order valence-corrected chi connectivity index (χ0v) is 12.7. The number of methoxy groups -OCH3 is 1. The normalized spacial score (nSPS) is 21.8. The van der Waals surface area contributed by atoms with Gasteiger partial charge in [-0.25, -0.2) is 0 Å². The molecule has 0 aliphatic carbocycles. The molecule has 1 heterocycles. The fraction of sp³-hybridized carbons (Fsp3) is 0.857. The second kappa shape index (κ2) is 8.21. The Morgan fingerprint density at radius 3 is 2.60 bits per heavy atom. The van der Waals surface area contributed by atoms with Crippen molar-refractivity contribution in [2.24, 2.45) is 0 Å². The number of carbonyl (C=O) groups excluding carboxylic acids is 2. The average Bonchev–Trinajstić information content (AvgIpc) is 2.93. The van der Waals surface area contributed by atoms with Crippen molar-refractivity contribution in [3.05, 3.63) is 0 Å². The standard InChI is InChI=1S/C14H26N2O4/c1-4-14(7-6-8-15-14)13(18)16(9-10-19-3)11-12(17)20-5-2/h15H,4-11H2,1-3H3. The van der Waals surface area contributed by atoms with E-state index >= 15 is 0 Å². The quantitative estimate of drug-likeness (QED) is 0.660.